The van der Waals surface area contributed by atoms with Crippen molar-refractivity contribution in [2.75, 3.05) is 35.2 Å². The molecular weight excluding hydrogens is 503 g/mol. The Labute approximate surface area is 227 Å². The largest absolute Gasteiger partial charge is 0.444 e. The van der Waals surface area contributed by atoms with Gasteiger partial charge in [-0.3, -0.25) is 4.68 Å². The first-order valence-corrected chi connectivity index (χ1v) is 13.2. The average Bonchev–Trinajstić information content (AvgIpc) is 3.61. The van der Waals surface area contributed by atoms with Gasteiger partial charge in [0.05, 0.1) is 23.8 Å². The van der Waals surface area contributed by atoms with Gasteiger partial charge in [0.25, 0.3) is 0 Å². The van der Waals surface area contributed by atoms with Crippen LogP contribution in [0.1, 0.15) is 57.7 Å². The van der Waals surface area contributed by atoms with E-state index in [0.29, 0.717) is 54.3 Å². The van der Waals surface area contributed by atoms with Gasteiger partial charge in [-0.05, 0) is 65.0 Å². The Kier molecular flexibility index (Phi) is 7.00. The third-order valence-electron chi connectivity index (χ3n) is 6.62. The highest BCUT2D eigenvalue weighted by Crippen LogP contribution is 2.42. The number of carbonyl (C=O) groups excluding carboxylic acids is 1. The summed E-state index contributed by atoms with van der Waals surface area (Å²) in [5, 5.41) is 14.5. The number of rotatable bonds is 6. The zero-order valence-corrected chi connectivity index (χ0v) is 23.2. The Hall–Kier alpha value is -4.03. The van der Waals surface area contributed by atoms with Crippen molar-refractivity contribution in [1.29, 1.82) is 0 Å². The zero-order valence-electron chi connectivity index (χ0n) is 23.2. The van der Waals surface area contributed by atoms with Gasteiger partial charge in [-0.2, -0.15) is 4.98 Å². The molecule has 1 aliphatic heterocycles. The minimum absolute atomic E-state index is 0.0944. The number of ether oxygens (including phenoxy) is 1. The Morgan fingerprint density at radius 3 is 2.56 bits per heavy atom. The minimum Gasteiger partial charge on any atom is -0.444 e. The number of hydrogen-bond donors (Lipinski definition) is 2. The number of carbonyl (C=O) groups is 1. The number of nitrogens with one attached hydrogen (secondary N) is 2. The van der Waals surface area contributed by atoms with Crippen molar-refractivity contribution in [3.8, 4) is 0 Å². The molecule has 1 atom stereocenters. The second-order valence-corrected chi connectivity index (χ2v) is 11.2. The summed E-state index contributed by atoms with van der Waals surface area (Å²) in [6.45, 7) is 10.9. The normalized spacial score (nSPS) is 17.8. The maximum absolute atomic E-state index is 14.6. The standard InChI is InChI=1S/C26H35FN10O2/c1-15-13-36(9-10-37(15)25(38)39-26(3,4)5)19-12-28-24(32-23(19)30-21-14-35(6)34-33-21)31-20-11-18(17-7-8-17)22(27)16(2)29-20/h11-12,14-15,17H,7-10,13H2,1-6H3,(H2,28,29,30,31,32). The first-order valence-electron chi connectivity index (χ1n) is 13.2. The first-order chi connectivity index (χ1) is 18.5. The third kappa shape index (κ3) is 6.18. The summed E-state index contributed by atoms with van der Waals surface area (Å²) in [6, 6.07) is 1.65. The van der Waals surface area contributed by atoms with Crippen molar-refractivity contribution < 1.29 is 13.9 Å². The highest BCUT2D eigenvalue weighted by atomic mass is 19.1. The molecule has 0 bridgehead atoms. The molecule has 1 amide bonds. The molecule has 1 aliphatic carbocycles. The van der Waals surface area contributed by atoms with Gasteiger partial charge in [0, 0.05) is 32.7 Å². The number of piperazine rings is 1. The number of nitrogens with zero attached hydrogens (tertiary/aromatic N) is 8. The van der Waals surface area contributed by atoms with Crippen LogP contribution in [0.2, 0.25) is 0 Å². The van der Waals surface area contributed by atoms with Crippen molar-refractivity contribution in [2.45, 2.75) is 65.0 Å². The van der Waals surface area contributed by atoms with Crippen LogP contribution in [0.3, 0.4) is 0 Å². The Balaban J connectivity index is 1.39. The number of pyridine rings is 1. The van der Waals surface area contributed by atoms with E-state index in [2.05, 4.69) is 35.8 Å². The van der Waals surface area contributed by atoms with E-state index < -0.39 is 5.60 Å². The summed E-state index contributed by atoms with van der Waals surface area (Å²) >= 11 is 0. The van der Waals surface area contributed by atoms with Gasteiger partial charge in [0.15, 0.2) is 11.6 Å². The average molecular weight is 539 g/mol. The predicted molar refractivity (Wildman–Crippen MR) is 145 cm³/mol. The van der Waals surface area contributed by atoms with Crippen molar-refractivity contribution in [2.24, 2.45) is 7.05 Å². The van der Waals surface area contributed by atoms with Crippen molar-refractivity contribution in [1.82, 2.24) is 34.8 Å². The lowest BCUT2D eigenvalue weighted by molar-refractivity contribution is 0.0159. The Bertz CT molecular complexity index is 1370. The number of aromatic nitrogens is 6. The molecule has 13 heteroatoms. The molecule has 5 rings (SSSR count). The fraction of sp³-hybridized carbons (Fsp3) is 0.538. The summed E-state index contributed by atoms with van der Waals surface area (Å²) in [5.74, 6) is 1.84. The zero-order chi connectivity index (χ0) is 27.9. The van der Waals surface area contributed by atoms with Crippen LogP contribution in [0.15, 0.2) is 18.5 Å². The van der Waals surface area contributed by atoms with E-state index in [4.69, 9.17) is 9.72 Å². The Morgan fingerprint density at radius 1 is 1.15 bits per heavy atom. The molecule has 2 fully saturated rings. The molecule has 0 spiro atoms. The van der Waals surface area contributed by atoms with Gasteiger partial charge >= 0.3 is 6.09 Å². The van der Waals surface area contributed by atoms with Gasteiger partial charge in [-0.15, -0.1) is 5.10 Å². The number of anilines is 5. The van der Waals surface area contributed by atoms with E-state index >= 15 is 0 Å². The smallest absolute Gasteiger partial charge is 0.410 e. The van der Waals surface area contributed by atoms with Crippen molar-refractivity contribution >= 4 is 35.2 Å². The molecule has 2 N–H and O–H groups in total. The molecule has 4 heterocycles. The van der Waals surface area contributed by atoms with Gasteiger partial charge in [0.2, 0.25) is 5.95 Å². The molecule has 0 aromatic carbocycles. The quantitative estimate of drug-likeness (QED) is 0.470. The summed E-state index contributed by atoms with van der Waals surface area (Å²) in [4.78, 5) is 30.2. The van der Waals surface area contributed by atoms with Crippen LogP contribution < -0.4 is 15.5 Å². The maximum atomic E-state index is 14.6. The minimum atomic E-state index is -0.560. The third-order valence-corrected chi connectivity index (χ3v) is 6.62. The van der Waals surface area contributed by atoms with E-state index in [1.165, 1.54) is 0 Å². The SMILES string of the molecule is Cc1nc(Nc2ncc(N3CCN(C(=O)OC(C)(C)C)C(C)C3)c(Nc3cn(C)nn3)n2)cc(C2CC2)c1F. The van der Waals surface area contributed by atoms with Crippen LogP contribution in [0, 0.1) is 12.7 Å². The highest BCUT2D eigenvalue weighted by molar-refractivity contribution is 5.73. The number of hydrogen-bond acceptors (Lipinski definition) is 10. The van der Waals surface area contributed by atoms with E-state index in [1.807, 2.05) is 27.7 Å². The van der Waals surface area contributed by atoms with Crippen molar-refractivity contribution in [3.63, 3.8) is 0 Å². The lowest BCUT2D eigenvalue weighted by Crippen LogP contribution is -2.55. The van der Waals surface area contributed by atoms with Crippen LogP contribution in [0.25, 0.3) is 0 Å². The Morgan fingerprint density at radius 2 is 1.92 bits per heavy atom. The van der Waals surface area contributed by atoms with Crippen LogP contribution in [0.4, 0.5) is 38.3 Å². The second kappa shape index (κ2) is 10.3. The summed E-state index contributed by atoms with van der Waals surface area (Å²) in [7, 11) is 1.78. The summed E-state index contributed by atoms with van der Waals surface area (Å²) in [5.41, 5.74) is 1.21. The molecule has 3 aromatic rings. The molecule has 39 heavy (non-hydrogen) atoms. The lowest BCUT2D eigenvalue weighted by atomic mass is 10.1. The number of amides is 1. The molecule has 3 aromatic heterocycles. The molecule has 2 aliphatic rings. The molecule has 0 radical (unpaired) electrons. The molecule has 1 unspecified atom stereocenters. The van der Waals surface area contributed by atoms with Crippen LogP contribution in [0.5, 0.6) is 0 Å². The molecule has 1 saturated heterocycles. The van der Waals surface area contributed by atoms with Gasteiger partial charge in [-0.1, -0.05) is 5.21 Å². The topological polar surface area (TPSA) is 126 Å². The van der Waals surface area contributed by atoms with E-state index in [0.717, 1.165) is 18.5 Å². The molecule has 208 valence electrons. The summed E-state index contributed by atoms with van der Waals surface area (Å²) in [6.07, 6.45) is 5.11. The van der Waals surface area contributed by atoms with Gasteiger partial charge < -0.3 is 25.2 Å². The fourth-order valence-corrected chi connectivity index (χ4v) is 4.60. The maximum Gasteiger partial charge on any atom is 0.410 e. The van der Waals surface area contributed by atoms with E-state index in [-0.39, 0.29) is 23.9 Å². The van der Waals surface area contributed by atoms with E-state index in [1.54, 1.807) is 42.0 Å². The van der Waals surface area contributed by atoms with E-state index in [9.17, 15) is 9.18 Å². The molecular formula is C26H35FN10O2. The van der Waals surface area contributed by atoms with Gasteiger partial charge in [0.1, 0.15) is 17.2 Å². The summed E-state index contributed by atoms with van der Waals surface area (Å²) < 4.78 is 21.8. The highest BCUT2D eigenvalue weighted by Gasteiger charge is 2.32. The van der Waals surface area contributed by atoms with Crippen LogP contribution in [-0.2, 0) is 11.8 Å². The second-order valence-electron chi connectivity index (χ2n) is 11.2. The van der Waals surface area contributed by atoms with Gasteiger partial charge in [-0.25, -0.2) is 19.2 Å². The first kappa shape index (κ1) is 26.6. The van der Waals surface area contributed by atoms with Crippen LogP contribution in [-0.4, -0.2) is 72.2 Å². The molecule has 1 saturated carbocycles. The number of aryl methyl sites for hydroxylation is 2. The van der Waals surface area contributed by atoms with Crippen LogP contribution >= 0.6 is 0 Å². The molecule has 12 nitrogen and oxygen atoms in total. The monoisotopic (exact) mass is 538 g/mol. The van der Waals surface area contributed by atoms with Crippen molar-refractivity contribution in [3.05, 3.63) is 35.5 Å². The lowest BCUT2D eigenvalue weighted by Gasteiger charge is -2.41. The number of halogens is 1. The fourth-order valence-electron chi connectivity index (χ4n) is 4.60. The predicted octanol–water partition coefficient (Wildman–Crippen LogP) is 4.26.